The van der Waals surface area contributed by atoms with Gasteiger partial charge >= 0.3 is 0 Å². The molecule has 0 aliphatic heterocycles. The van der Waals surface area contributed by atoms with Crippen LogP contribution in [0.3, 0.4) is 0 Å². The molecule has 0 amide bonds. The SMILES string of the molecule is C=C/C=C\c1c(C)oc2ccc(-c3cccc(-c4cccc(-c5cc(-c6ccccc6)cc(-c6ccccc6)n5)c4)c3)cc2c1=O. The molecule has 0 bridgehead atoms. The Bertz CT molecular complexity index is 2240. The molecular weight excluding hydrogens is 562 g/mol. The number of pyridine rings is 1. The second-order valence-corrected chi connectivity index (χ2v) is 11.2. The monoisotopic (exact) mass is 593 g/mol. The highest BCUT2D eigenvalue weighted by Crippen LogP contribution is 2.33. The molecule has 46 heavy (non-hydrogen) atoms. The Kier molecular flexibility index (Phi) is 7.80. The third kappa shape index (κ3) is 5.74. The molecule has 7 aromatic rings. The summed E-state index contributed by atoms with van der Waals surface area (Å²) in [5, 5.41) is 0.554. The van der Waals surface area contributed by atoms with Crippen LogP contribution in [0.4, 0.5) is 0 Å². The van der Waals surface area contributed by atoms with Crippen LogP contribution < -0.4 is 5.43 Å². The number of rotatable bonds is 7. The summed E-state index contributed by atoms with van der Waals surface area (Å²) in [4.78, 5) is 18.5. The molecule has 0 saturated heterocycles. The van der Waals surface area contributed by atoms with Crippen LogP contribution in [0.1, 0.15) is 11.3 Å². The molecule has 0 N–H and O–H groups in total. The Morgan fingerprint density at radius 1 is 0.565 bits per heavy atom. The lowest BCUT2D eigenvalue weighted by atomic mass is 9.95. The average Bonchev–Trinajstić information content (AvgIpc) is 3.12. The summed E-state index contributed by atoms with van der Waals surface area (Å²) >= 11 is 0. The van der Waals surface area contributed by atoms with Gasteiger partial charge in [-0.1, -0.05) is 122 Å². The van der Waals surface area contributed by atoms with Gasteiger partial charge in [-0.25, -0.2) is 4.98 Å². The summed E-state index contributed by atoms with van der Waals surface area (Å²) in [6, 6.07) is 47.8. The second kappa shape index (κ2) is 12.5. The van der Waals surface area contributed by atoms with Crippen LogP contribution >= 0.6 is 0 Å². The second-order valence-electron chi connectivity index (χ2n) is 11.2. The molecule has 0 atom stereocenters. The predicted molar refractivity (Wildman–Crippen MR) is 191 cm³/mol. The summed E-state index contributed by atoms with van der Waals surface area (Å²) in [7, 11) is 0. The summed E-state index contributed by atoms with van der Waals surface area (Å²) in [5.74, 6) is 0.588. The molecular formula is C43H31NO2. The van der Waals surface area contributed by atoms with E-state index in [-0.39, 0.29) is 5.43 Å². The number of benzene rings is 5. The molecule has 0 fully saturated rings. The topological polar surface area (TPSA) is 43.1 Å². The number of allylic oxidation sites excluding steroid dienone is 2. The summed E-state index contributed by atoms with van der Waals surface area (Å²) in [5.41, 5.74) is 11.4. The van der Waals surface area contributed by atoms with E-state index < -0.39 is 0 Å². The van der Waals surface area contributed by atoms with Crippen molar-refractivity contribution >= 4 is 17.0 Å². The highest BCUT2D eigenvalue weighted by Gasteiger charge is 2.13. The first-order chi connectivity index (χ1) is 22.6. The molecule has 0 unspecified atom stereocenters. The minimum Gasteiger partial charge on any atom is -0.460 e. The largest absolute Gasteiger partial charge is 0.460 e. The number of hydrogen-bond donors (Lipinski definition) is 0. The molecule has 0 aliphatic rings. The van der Waals surface area contributed by atoms with Crippen molar-refractivity contribution in [3.63, 3.8) is 0 Å². The Morgan fingerprint density at radius 2 is 1.11 bits per heavy atom. The van der Waals surface area contributed by atoms with E-state index in [4.69, 9.17) is 9.40 Å². The van der Waals surface area contributed by atoms with Gasteiger partial charge in [0, 0.05) is 11.1 Å². The van der Waals surface area contributed by atoms with Crippen LogP contribution in [0.15, 0.2) is 167 Å². The fraction of sp³-hybridized carbons (Fsp3) is 0.0233. The molecule has 0 spiro atoms. The highest BCUT2D eigenvalue weighted by atomic mass is 16.3. The summed E-state index contributed by atoms with van der Waals surface area (Å²) in [6.45, 7) is 5.53. The van der Waals surface area contributed by atoms with E-state index in [9.17, 15) is 4.79 Å². The van der Waals surface area contributed by atoms with Crippen LogP contribution in [-0.4, -0.2) is 4.98 Å². The van der Waals surface area contributed by atoms with Crippen molar-refractivity contribution in [1.82, 2.24) is 4.98 Å². The maximum absolute atomic E-state index is 13.4. The van der Waals surface area contributed by atoms with Gasteiger partial charge in [0.25, 0.3) is 0 Å². The van der Waals surface area contributed by atoms with Gasteiger partial charge in [0.2, 0.25) is 0 Å². The normalized spacial score (nSPS) is 11.2. The zero-order chi connectivity index (χ0) is 31.5. The Balaban J connectivity index is 1.29. The minimum absolute atomic E-state index is 0.0531. The van der Waals surface area contributed by atoms with Gasteiger partial charge in [0.05, 0.1) is 22.3 Å². The van der Waals surface area contributed by atoms with Crippen molar-refractivity contribution < 1.29 is 4.42 Å². The van der Waals surface area contributed by atoms with Crippen LogP contribution in [-0.2, 0) is 0 Å². The van der Waals surface area contributed by atoms with Gasteiger partial charge in [0.15, 0.2) is 5.43 Å². The molecule has 3 nitrogen and oxygen atoms in total. The van der Waals surface area contributed by atoms with Gasteiger partial charge in [-0.15, -0.1) is 0 Å². The zero-order valence-corrected chi connectivity index (χ0v) is 25.5. The van der Waals surface area contributed by atoms with E-state index >= 15 is 0 Å². The van der Waals surface area contributed by atoms with Crippen LogP contribution in [0.2, 0.25) is 0 Å². The third-order valence-corrected chi connectivity index (χ3v) is 8.20. The van der Waals surface area contributed by atoms with E-state index in [0.29, 0.717) is 22.3 Å². The lowest BCUT2D eigenvalue weighted by molar-refractivity contribution is 0.563. The number of hydrogen-bond acceptors (Lipinski definition) is 3. The molecule has 5 aromatic carbocycles. The molecule has 0 radical (unpaired) electrons. The van der Waals surface area contributed by atoms with Crippen molar-refractivity contribution in [1.29, 1.82) is 0 Å². The number of aryl methyl sites for hydroxylation is 1. The van der Waals surface area contributed by atoms with E-state index in [0.717, 1.165) is 55.9 Å². The van der Waals surface area contributed by atoms with Crippen molar-refractivity contribution in [3.8, 4) is 55.9 Å². The van der Waals surface area contributed by atoms with Gasteiger partial charge in [-0.2, -0.15) is 0 Å². The summed E-state index contributed by atoms with van der Waals surface area (Å²) < 4.78 is 5.99. The minimum atomic E-state index is -0.0531. The molecule has 2 heterocycles. The van der Waals surface area contributed by atoms with Crippen LogP contribution in [0.5, 0.6) is 0 Å². The molecule has 7 rings (SSSR count). The van der Waals surface area contributed by atoms with E-state index in [1.807, 2.05) is 49.4 Å². The maximum atomic E-state index is 13.4. The average molecular weight is 594 g/mol. The highest BCUT2D eigenvalue weighted by molar-refractivity contribution is 5.86. The molecule has 0 aliphatic carbocycles. The van der Waals surface area contributed by atoms with E-state index in [2.05, 4.69) is 104 Å². The van der Waals surface area contributed by atoms with Gasteiger partial charge in [-0.05, 0) is 82.8 Å². The lowest BCUT2D eigenvalue weighted by Gasteiger charge is -2.12. The Labute approximate surface area is 268 Å². The molecule has 3 heteroatoms. The standard InChI is InChI=1S/C43H31NO2/c1-3-4-21-38-29(2)46-42-23-22-35(26-39(42)43(38)45)33-18-11-17-32(24-33)34-19-12-20-36(25-34)41-28-37(30-13-7-5-8-14-30)27-40(44-41)31-15-9-6-10-16-31/h3-28H,1H2,2H3/b21-4-. The Morgan fingerprint density at radius 3 is 1.76 bits per heavy atom. The number of nitrogens with zero attached hydrogens (tertiary/aromatic N) is 1. The fourth-order valence-electron chi connectivity index (χ4n) is 5.83. The van der Waals surface area contributed by atoms with Gasteiger partial charge in [-0.3, -0.25) is 4.79 Å². The number of fused-ring (bicyclic) bond motifs is 1. The van der Waals surface area contributed by atoms with Crippen LogP contribution in [0.25, 0.3) is 72.9 Å². The quantitative estimate of drug-likeness (QED) is 0.173. The van der Waals surface area contributed by atoms with Crippen molar-refractivity contribution in [2.45, 2.75) is 6.92 Å². The first-order valence-electron chi connectivity index (χ1n) is 15.3. The van der Waals surface area contributed by atoms with Gasteiger partial charge < -0.3 is 4.42 Å². The van der Waals surface area contributed by atoms with E-state index in [1.165, 1.54) is 0 Å². The smallest absolute Gasteiger partial charge is 0.200 e. The zero-order valence-electron chi connectivity index (χ0n) is 25.5. The number of aromatic nitrogens is 1. The maximum Gasteiger partial charge on any atom is 0.200 e. The Hall–Kier alpha value is -6.06. The first-order valence-corrected chi connectivity index (χ1v) is 15.3. The molecule has 0 saturated carbocycles. The van der Waals surface area contributed by atoms with Crippen molar-refractivity contribution in [2.24, 2.45) is 0 Å². The fourth-order valence-corrected chi connectivity index (χ4v) is 5.83. The molecule has 220 valence electrons. The summed E-state index contributed by atoms with van der Waals surface area (Å²) in [6.07, 6.45) is 5.15. The first kappa shape index (κ1) is 28.7. The third-order valence-electron chi connectivity index (χ3n) is 8.20. The predicted octanol–water partition coefficient (Wildman–Crippen LogP) is 11.0. The van der Waals surface area contributed by atoms with Crippen molar-refractivity contribution in [3.05, 3.63) is 180 Å². The van der Waals surface area contributed by atoms with Gasteiger partial charge in [0.1, 0.15) is 11.3 Å². The van der Waals surface area contributed by atoms with Crippen LogP contribution in [0, 0.1) is 6.92 Å². The van der Waals surface area contributed by atoms with E-state index in [1.54, 1.807) is 18.2 Å². The molecule has 2 aromatic heterocycles. The van der Waals surface area contributed by atoms with Crippen molar-refractivity contribution in [2.75, 3.05) is 0 Å². The lowest BCUT2D eigenvalue weighted by Crippen LogP contribution is -2.07.